The molecule has 1 heterocycles. The number of allylic oxidation sites excluding steroid dienone is 1. The van der Waals surface area contributed by atoms with Crippen LogP contribution >= 0.6 is 0 Å². The van der Waals surface area contributed by atoms with Gasteiger partial charge in [0, 0.05) is 5.56 Å². The molecule has 1 aromatic heterocycles. The quantitative estimate of drug-likeness (QED) is 0.333. The van der Waals surface area contributed by atoms with E-state index in [-0.39, 0.29) is 17.4 Å². The van der Waals surface area contributed by atoms with E-state index in [2.05, 4.69) is 34.2 Å². The fourth-order valence-corrected chi connectivity index (χ4v) is 3.74. The molecule has 0 saturated carbocycles. The molecule has 6 nitrogen and oxygen atoms in total. The second-order valence-electron chi connectivity index (χ2n) is 7.77. The fraction of sp³-hybridized carbons (Fsp3) is 0.200. The summed E-state index contributed by atoms with van der Waals surface area (Å²) in [5.74, 6) is 1.26. The van der Waals surface area contributed by atoms with E-state index in [1.807, 2.05) is 56.4 Å². The van der Waals surface area contributed by atoms with Gasteiger partial charge in [-0.2, -0.15) is 5.26 Å². The number of aromatic amines is 1. The normalized spacial score (nSPS) is 14.1. The number of benzene rings is 3. The van der Waals surface area contributed by atoms with Crippen molar-refractivity contribution in [3.8, 4) is 11.8 Å². The lowest BCUT2D eigenvalue weighted by Gasteiger charge is -2.22. The molecule has 0 bridgehead atoms. The van der Waals surface area contributed by atoms with Crippen LogP contribution in [0.15, 0.2) is 66.4 Å². The number of likely N-dealkylation sites (N-methyl/N-ethyl adjacent to an activating group) is 1. The van der Waals surface area contributed by atoms with Gasteiger partial charge in [0.25, 0.3) is 0 Å². The number of para-hydroxylation sites is 2. The van der Waals surface area contributed by atoms with Crippen molar-refractivity contribution in [3.05, 3.63) is 77.8 Å². The number of rotatable bonds is 6. The van der Waals surface area contributed by atoms with Crippen molar-refractivity contribution in [1.82, 2.24) is 9.97 Å². The van der Waals surface area contributed by atoms with E-state index in [4.69, 9.17) is 4.74 Å². The van der Waals surface area contributed by atoms with Crippen LogP contribution in [0.3, 0.4) is 0 Å². The minimum absolute atomic E-state index is 0.0320. The number of hydrogen-bond donors (Lipinski definition) is 3. The van der Waals surface area contributed by atoms with Crippen molar-refractivity contribution in [1.29, 1.82) is 5.26 Å². The van der Waals surface area contributed by atoms with Crippen molar-refractivity contribution in [2.24, 2.45) is 0 Å². The minimum atomic E-state index is -0.283. The summed E-state index contributed by atoms with van der Waals surface area (Å²) in [6.45, 7) is 2.61. The summed E-state index contributed by atoms with van der Waals surface area (Å²) in [6, 6.07) is 21.7. The lowest BCUT2D eigenvalue weighted by Crippen LogP contribution is -3.11. The molecule has 156 valence electrons. The van der Waals surface area contributed by atoms with Crippen LogP contribution in [0.25, 0.3) is 27.4 Å². The highest BCUT2D eigenvalue weighted by Gasteiger charge is 2.24. The average molecular weight is 414 g/mol. The fourth-order valence-electron chi connectivity index (χ4n) is 3.74. The second kappa shape index (κ2) is 8.50. The number of ether oxygens (including phenoxy) is 1. The predicted molar refractivity (Wildman–Crippen MR) is 122 cm³/mol. The zero-order valence-corrected chi connectivity index (χ0v) is 17.8. The first-order valence-electron chi connectivity index (χ1n) is 10.2. The molecule has 31 heavy (non-hydrogen) atoms. The number of aliphatic hydroxyl groups excluding tert-OH is 1. The first-order valence-corrected chi connectivity index (χ1v) is 10.2. The molecule has 4 rings (SSSR count). The smallest absolute Gasteiger partial charge is 0.172 e. The Morgan fingerprint density at radius 2 is 1.90 bits per heavy atom. The maximum Gasteiger partial charge on any atom is 0.172 e. The van der Waals surface area contributed by atoms with Gasteiger partial charge >= 0.3 is 0 Å². The Bertz CT molecular complexity index is 1280. The van der Waals surface area contributed by atoms with E-state index in [1.54, 1.807) is 7.11 Å². The monoisotopic (exact) mass is 413 g/mol. The first-order chi connectivity index (χ1) is 15.0. The SMILES string of the molecule is COc1ccc2cc(C[NH+](C)[C@@H](C)/C(O)=C(\C#N)c3nc4ccccc4[nH]3)ccc2c1. The van der Waals surface area contributed by atoms with E-state index in [1.165, 1.54) is 0 Å². The third kappa shape index (κ3) is 4.09. The number of hydrogen-bond acceptors (Lipinski definition) is 4. The van der Waals surface area contributed by atoms with Crippen LogP contribution in [-0.2, 0) is 6.54 Å². The number of imidazole rings is 1. The zero-order valence-electron chi connectivity index (χ0n) is 17.8. The molecule has 0 fully saturated rings. The number of H-pyrrole nitrogens is 1. The summed E-state index contributed by atoms with van der Waals surface area (Å²) in [5.41, 5.74) is 2.92. The van der Waals surface area contributed by atoms with Gasteiger partial charge in [-0.05, 0) is 48.0 Å². The number of fused-ring (bicyclic) bond motifs is 2. The molecule has 3 N–H and O–H groups in total. The highest BCUT2D eigenvalue weighted by molar-refractivity contribution is 5.84. The summed E-state index contributed by atoms with van der Waals surface area (Å²) < 4.78 is 5.29. The number of nitrogens with one attached hydrogen (secondary N) is 2. The van der Waals surface area contributed by atoms with Crippen molar-refractivity contribution in [2.75, 3.05) is 14.2 Å². The van der Waals surface area contributed by atoms with Gasteiger partial charge in [0.15, 0.2) is 11.6 Å². The predicted octanol–water partition coefficient (Wildman–Crippen LogP) is 3.62. The number of aromatic nitrogens is 2. The number of nitrogens with zero attached hydrogens (tertiary/aromatic N) is 2. The number of quaternary nitrogens is 1. The van der Waals surface area contributed by atoms with Gasteiger partial charge in [0.2, 0.25) is 0 Å². The summed E-state index contributed by atoms with van der Waals surface area (Å²) in [6.07, 6.45) is 0. The Hall–Kier alpha value is -3.82. The van der Waals surface area contributed by atoms with Crippen LogP contribution < -0.4 is 9.64 Å². The third-order valence-electron chi connectivity index (χ3n) is 5.74. The Morgan fingerprint density at radius 1 is 1.16 bits per heavy atom. The van der Waals surface area contributed by atoms with Crippen molar-refractivity contribution in [3.63, 3.8) is 0 Å². The van der Waals surface area contributed by atoms with Gasteiger partial charge < -0.3 is 19.7 Å². The van der Waals surface area contributed by atoms with E-state index in [9.17, 15) is 10.4 Å². The Labute approximate surface area is 181 Å². The molecule has 0 saturated heterocycles. The van der Waals surface area contributed by atoms with Crippen LogP contribution in [0.4, 0.5) is 0 Å². The molecule has 4 aromatic rings. The average Bonchev–Trinajstić information content (AvgIpc) is 3.22. The first kappa shape index (κ1) is 20.5. The lowest BCUT2D eigenvalue weighted by molar-refractivity contribution is -0.913. The van der Waals surface area contributed by atoms with E-state index < -0.39 is 0 Å². The molecule has 6 heteroatoms. The molecular formula is C25H25N4O2+. The summed E-state index contributed by atoms with van der Waals surface area (Å²) >= 11 is 0. The zero-order chi connectivity index (χ0) is 22.0. The topological polar surface area (TPSA) is 86.4 Å². The van der Waals surface area contributed by atoms with E-state index in [0.29, 0.717) is 12.4 Å². The summed E-state index contributed by atoms with van der Waals surface area (Å²) in [5, 5.41) is 22.9. The molecule has 0 amide bonds. The molecule has 0 aliphatic heterocycles. The van der Waals surface area contributed by atoms with E-state index in [0.717, 1.165) is 38.0 Å². The molecule has 0 radical (unpaired) electrons. The van der Waals surface area contributed by atoms with Crippen LogP contribution in [0.1, 0.15) is 18.3 Å². The second-order valence-corrected chi connectivity index (χ2v) is 7.77. The molecule has 0 aliphatic rings. The standard InChI is InChI=1S/C25H24N4O2/c1-16(24(30)21(14-26)25-27-22-6-4-5-7-23(22)28-25)29(2)15-17-8-9-19-13-20(31-3)11-10-18(19)12-17/h4-13,16,30H,15H2,1-3H3,(H,27,28)/p+1/b24-21-/t16-/m0/s1. The van der Waals surface area contributed by atoms with Crippen LogP contribution in [-0.4, -0.2) is 35.3 Å². The van der Waals surface area contributed by atoms with Gasteiger partial charge in [0.1, 0.15) is 30.0 Å². The van der Waals surface area contributed by atoms with Gasteiger partial charge in [-0.25, -0.2) is 4.98 Å². The highest BCUT2D eigenvalue weighted by atomic mass is 16.5. The highest BCUT2D eigenvalue weighted by Crippen LogP contribution is 2.22. The molecule has 0 spiro atoms. The van der Waals surface area contributed by atoms with Gasteiger partial charge in [-0.3, -0.25) is 0 Å². The number of nitriles is 1. The Kier molecular flexibility index (Phi) is 5.61. The molecule has 0 aliphatic carbocycles. The van der Waals surface area contributed by atoms with Crippen molar-refractivity contribution in [2.45, 2.75) is 19.5 Å². The van der Waals surface area contributed by atoms with Crippen molar-refractivity contribution < 1.29 is 14.7 Å². The maximum atomic E-state index is 10.9. The number of aliphatic hydroxyl groups is 1. The maximum absolute atomic E-state index is 10.9. The van der Waals surface area contributed by atoms with Gasteiger partial charge in [0.05, 0.1) is 25.2 Å². The molecule has 1 unspecified atom stereocenters. The van der Waals surface area contributed by atoms with E-state index >= 15 is 0 Å². The largest absolute Gasteiger partial charge is 0.505 e. The summed E-state index contributed by atoms with van der Waals surface area (Å²) in [7, 11) is 3.67. The minimum Gasteiger partial charge on any atom is -0.505 e. The van der Waals surface area contributed by atoms with Gasteiger partial charge in [-0.1, -0.05) is 30.3 Å². The molecule has 2 atom stereocenters. The summed E-state index contributed by atoms with van der Waals surface area (Å²) in [4.78, 5) is 8.66. The Morgan fingerprint density at radius 3 is 2.65 bits per heavy atom. The third-order valence-corrected chi connectivity index (χ3v) is 5.74. The van der Waals surface area contributed by atoms with Crippen LogP contribution in [0, 0.1) is 11.3 Å². The van der Waals surface area contributed by atoms with Gasteiger partial charge in [-0.15, -0.1) is 0 Å². The van der Waals surface area contributed by atoms with Crippen LogP contribution in [0.5, 0.6) is 5.75 Å². The van der Waals surface area contributed by atoms with Crippen molar-refractivity contribution >= 4 is 27.4 Å². The molecular weight excluding hydrogens is 388 g/mol. The molecule has 3 aromatic carbocycles. The van der Waals surface area contributed by atoms with Crippen LogP contribution in [0.2, 0.25) is 0 Å². The Balaban J connectivity index is 1.58. The number of methoxy groups -OCH3 is 1. The lowest BCUT2D eigenvalue weighted by atomic mass is 10.1.